The molecular formula is C31H30N2O2. The molecule has 7 rings (SSSR count). The highest BCUT2D eigenvalue weighted by Crippen LogP contribution is 2.43. The van der Waals surface area contributed by atoms with Gasteiger partial charge in [0.25, 0.3) is 0 Å². The molecule has 3 aromatic carbocycles. The maximum atomic E-state index is 13.5. The lowest BCUT2D eigenvalue weighted by atomic mass is 9.73. The van der Waals surface area contributed by atoms with E-state index in [1.54, 1.807) is 0 Å². The Kier molecular flexibility index (Phi) is 5.83. The molecule has 2 bridgehead atoms. The number of benzene rings is 3. The Morgan fingerprint density at radius 1 is 1.06 bits per heavy atom. The van der Waals surface area contributed by atoms with Crippen molar-refractivity contribution in [2.24, 2.45) is 11.8 Å². The lowest BCUT2D eigenvalue weighted by molar-refractivity contribution is -0.156. The fraction of sp³-hybridized carbons (Fsp3) is 0.290. The largest absolute Gasteiger partial charge is 0.456 e. The van der Waals surface area contributed by atoms with Gasteiger partial charge in [0.1, 0.15) is 6.10 Å². The van der Waals surface area contributed by atoms with Crippen molar-refractivity contribution in [2.45, 2.75) is 31.4 Å². The number of aromatic nitrogens is 1. The van der Waals surface area contributed by atoms with Crippen LogP contribution in [0.2, 0.25) is 0 Å². The molecule has 4 aromatic rings. The molecular weight excluding hydrogens is 432 g/mol. The molecule has 35 heavy (non-hydrogen) atoms. The first-order chi connectivity index (χ1) is 17.2. The van der Waals surface area contributed by atoms with Crippen molar-refractivity contribution in [3.63, 3.8) is 0 Å². The van der Waals surface area contributed by atoms with E-state index in [1.807, 2.05) is 54.7 Å². The Morgan fingerprint density at radius 2 is 1.86 bits per heavy atom. The van der Waals surface area contributed by atoms with Gasteiger partial charge in [-0.15, -0.1) is 6.58 Å². The van der Waals surface area contributed by atoms with Gasteiger partial charge in [0, 0.05) is 23.7 Å². The van der Waals surface area contributed by atoms with Gasteiger partial charge >= 0.3 is 5.97 Å². The van der Waals surface area contributed by atoms with Crippen molar-refractivity contribution in [1.29, 1.82) is 0 Å². The van der Waals surface area contributed by atoms with Gasteiger partial charge < -0.3 is 4.74 Å². The summed E-state index contributed by atoms with van der Waals surface area (Å²) >= 11 is 0. The van der Waals surface area contributed by atoms with Crippen LogP contribution in [0.3, 0.4) is 0 Å². The van der Waals surface area contributed by atoms with Crippen molar-refractivity contribution in [2.75, 3.05) is 13.1 Å². The second kappa shape index (κ2) is 9.27. The second-order valence-corrected chi connectivity index (χ2v) is 9.89. The number of nitrogens with zero attached hydrogens (tertiary/aromatic N) is 2. The van der Waals surface area contributed by atoms with E-state index in [0.717, 1.165) is 52.3 Å². The molecule has 3 fully saturated rings. The Hall–Kier alpha value is -3.50. The van der Waals surface area contributed by atoms with Crippen LogP contribution in [0.5, 0.6) is 0 Å². The summed E-state index contributed by atoms with van der Waals surface area (Å²) in [7, 11) is 0. The number of ether oxygens (including phenoxy) is 1. The molecule has 0 amide bonds. The molecule has 176 valence electrons. The lowest BCUT2D eigenvalue weighted by Gasteiger charge is -2.51. The molecule has 4 nitrogen and oxygen atoms in total. The molecule has 0 aliphatic carbocycles. The van der Waals surface area contributed by atoms with E-state index in [0.29, 0.717) is 11.8 Å². The number of esters is 1. The summed E-state index contributed by atoms with van der Waals surface area (Å²) < 4.78 is 6.42. The van der Waals surface area contributed by atoms with Crippen molar-refractivity contribution >= 4 is 27.6 Å². The van der Waals surface area contributed by atoms with Crippen molar-refractivity contribution in [1.82, 2.24) is 9.88 Å². The summed E-state index contributed by atoms with van der Waals surface area (Å²) in [6, 6.07) is 24.7. The molecule has 1 unspecified atom stereocenters. The SMILES string of the molecule is C=C[C@H]1CN2CC[C@@H]1C[C@@H]2[C@@H](OC(=O)Cc1cccc2ccccc12)c1ccnc2ccccc12. The Labute approximate surface area is 206 Å². The van der Waals surface area contributed by atoms with Gasteiger partial charge in [-0.1, -0.05) is 66.7 Å². The molecule has 4 heterocycles. The van der Waals surface area contributed by atoms with E-state index in [9.17, 15) is 4.79 Å². The Morgan fingerprint density at radius 3 is 2.69 bits per heavy atom. The molecule has 0 radical (unpaired) electrons. The van der Waals surface area contributed by atoms with Crippen LogP contribution in [-0.4, -0.2) is 35.0 Å². The van der Waals surface area contributed by atoms with Gasteiger partial charge in [0.05, 0.1) is 18.0 Å². The number of rotatable bonds is 6. The third kappa shape index (κ3) is 4.12. The van der Waals surface area contributed by atoms with Crippen molar-refractivity contribution in [3.05, 3.63) is 103 Å². The molecule has 5 atom stereocenters. The summed E-state index contributed by atoms with van der Waals surface area (Å²) in [5, 5.41) is 3.30. The number of carbonyl (C=O) groups is 1. The van der Waals surface area contributed by atoms with Gasteiger partial charge in [-0.3, -0.25) is 14.7 Å². The summed E-state index contributed by atoms with van der Waals surface area (Å²) in [4.78, 5) is 20.5. The van der Waals surface area contributed by atoms with Crippen LogP contribution in [0.25, 0.3) is 21.7 Å². The minimum Gasteiger partial charge on any atom is -0.456 e. The van der Waals surface area contributed by atoms with Crippen LogP contribution in [0.15, 0.2) is 91.6 Å². The van der Waals surface area contributed by atoms with Crippen LogP contribution in [0.1, 0.15) is 30.1 Å². The monoisotopic (exact) mass is 462 g/mol. The summed E-state index contributed by atoms with van der Waals surface area (Å²) in [5.74, 6) is 0.922. The normalized spacial score (nSPS) is 24.3. The number of hydrogen-bond donors (Lipinski definition) is 0. The number of pyridine rings is 1. The summed E-state index contributed by atoms with van der Waals surface area (Å²) in [6.07, 6.45) is 6.06. The summed E-state index contributed by atoms with van der Waals surface area (Å²) in [6.45, 7) is 6.10. The lowest BCUT2D eigenvalue weighted by Crippen LogP contribution is -2.55. The third-order valence-electron chi connectivity index (χ3n) is 7.97. The maximum Gasteiger partial charge on any atom is 0.310 e. The van der Waals surface area contributed by atoms with Gasteiger partial charge in [-0.05, 0) is 59.7 Å². The van der Waals surface area contributed by atoms with E-state index < -0.39 is 0 Å². The molecule has 3 saturated heterocycles. The Balaban J connectivity index is 1.35. The predicted molar refractivity (Wildman–Crippen MR) is 140 cm³/mol. The first-order valence-electron chi connectivity index (χ1n) is 12.6. The first kappa shape index (κ1) is 22.0. The van der Waals surface area contributed by atoms with Crippen LogP contribution < -0.4 is 0 Å². The number of carbonyl (C=O) groups excluding carboxylic acids is 1. The van der Waals surface area contributed by atoms with E-state index in [1.165, 1.54) is 6.42 Å². The van der Waals surface area contributed by atoms with Gasteiger partial charge in [-0.25, -0.2) is 0 Å². The highest BCUT2D eigenvalue weighted by atomic mass is 16.5. The fourth-order valence-electron chi connectivity index (χ4n) is 6.19. The molecule has 3 aliphatic rings. The van der Waals surface area contributed by atoms with Gasteiger partial charge in [-0.2, -0.15) is 0 Å². The average molecular weight is 463 g/mol. The topological polar surface area (TPSA) is 42.4 Å². The van der Waals surface area contributed by atoms with Crippen LogP contribution in [0, 0.1) is 11.8 Å². The zero-order valence-electron chi connectivity index (χ0n) is 19.8. The minimum absolute atomic E-state index is 0.159. The molecule has 1 aromatic heterocycles. The number of hydrogen-bond acceptors (Lipinski definition) is 4. The third-order valence-corrected chi connectivity index (χ3v) is 7.97. The Bertz CT molecular complexity index is 1390. The quantitative estimate of drug-likeness (QED) is 0.256. The van der Waals surface area contributed by atoms with E-state index in [-0.39, 0.29) is 24.5 Å². The predicted octanol–water partition coefficient (Wildman–Crippen LogP) is 6.11. The summed E-state index contributed by atoms with van der Waals surface area (Å²) in [5.41, 5.74) is 2.98. The molecule has 0 saturated carbocycles. The fourth-order valence-corrected chi connectivity index (χ4v) is 6.19. The van der Waals surface area contributed by atoms with Gasteiger partial charge in [0.15, 0.2) is 0 Å². The minimum atomic E-state index is -0.334. The highest BCUT2D eigenvalue weighted by molar-refractivity contribution is 5.89. The van der Waals surface area contributed by atoms with E-state index in [2.05, 4.69) is 46.8 Å². The van der Waals surface area contributed by atoms with Crippen LogP contribution in [-0.2, 0) is 16.0 Å². The zero-order chi connectivity index (χ0) is 23.8. The molecule has 0 spiro atoms. The van der Waals surface area contributed by atoms with Crippen molar-refractivity contribution < 1.29 is 9.53 Å². The zero-order valence-corrected chi connectivity index (χ0v) is 19.8. The number of piperidine rings is 3. The van der Waals surface area contributed by atoms with Gasteiger partial charge in [0.2, 0.25) is 0 Å². The van der Waals surface area contributed by atoms with Crippen LogP contribution in [0.4, 0.5) is 0 Å². The van der Waals surface area contributed by atoms with E-state index in [4.69, 9.17) is 4.74 Å². The highest BCUT2D eigenvalue weighted by Gasteiger charge is 2.44. The number of fused-ring (bicyclic) bond motifs is 5. The smallest absolute Gasteiger partial charge is 0.310 e. The average Bonchev–Trinajstić information content (AvgIpc) is 2.92. The standard InChI is InChI=1S/C31H30N2O2/c1-2-21-20-33-17-15-23(21)18-29(33)31(27-14-16-32-28-13-6-5-12-26(27)28)35-30(34)19-24-10-7-9-22-8-3-4-11-25(22)24/h2-14,16,21,23,29,31H,1,15,17-20H2/t21-,23+,29+,31-/m0/s1. The number of para-hydroxylation sites is 1. The molecule has 3 aliphatic heterocycles. The van der Waals surface area contributed by atoms with Crippen molar-refractivity contribution in [3.8, 4) is 0 Å². The van der Waals surface area contributed by atoms with E-state index >= 15 is 0 Å². The molecule has 0 N–H and O–H groups in total. The maximum absolute atomic E-state index is 13.5. The molecule has 4 heteroatoms. The second-order valence-electron chi connectivity index (χ2n) is 9.89. The first-order valence-corrected chi connectivity index (χ1v) is 12.6. The van der Waals surface area contributed by atoms with Crippen LogP contribution >= 0.6 is 0 Å².